The van der Waals surface area contributed by atoms with Gasteiger partial charge in [-0.05, 0) is 26.0 Å². The van der Waals surface area contributed by atoms with Crippen molar-refractivity contribution >= 4 is 11.2 Å². The average molecular weight is 230 g/mol. The molecule has 1 N–H and O–H groups in total. The number of nitrogens with one attached hydrogen (secondary N) is 1. The molecule has 0 aromatic carbocycles. The summed E-state index contributed by atoms with van der Waals surface area (Å²) in [4.78, 5) is 6.94. The smallest absolute Gasteiger partial charge is 0.110 e. The van der Waals surface area contributed by atoms with Crippen LogP contribution in [0.3, 0.4) is 0 Å². The van der Waals surface area contributed by atoms with Gasteiger partial charge in [-0.1, -0.05) is 0 Å². The molecule has 1 aliphatic rings. The van der Waals surface area contributed by atoms with Crippen LogP contribution in [0.4, 0.5) is 5.69 Å². The highest BCUT2D eigenvalue weighted by molar-refractivity contribution is 5.63. The summed E-state index contributed by atoms with van der Waals surface area (Å²) in [7, 11) is 0. The molecule has 0 radical (unpaired) electrons. The second-order valence-corrected chi connectivity index (χ2v) is 4.62. The SMILES string of the molecule is Cc1nc(C)n2ccc(N3CCNCC3)cc12. The maximum absolute atomic E-state index is 4.51. The quantitative estimate of drug-likeness (QED) is 0.803. The molecular weight excluding hydrogens is 212 g/mol. The third kappa shape index (κ3) is 1.78. The van der Waals surface area contributed by atoms with Crippen molar-refractivity contribution in [3.8, 4) is 0 Å². The zero-order chi connectivity index (χ0) is 11.8. The van der Waals surface area contributed by atoms with Crippen LogP contribution < -0.4 is 10.2 Å². The maximum Gasteiger partial charge on any atom is 0.110 e. The van der Waals surface area contributed by atoms with Gasteiger partial charge in [0.15, 0.2) is 0 Å². The van der Waals surface area contributed by atoms with Crippen molar-refractivity contribution in [2.24, 2.45) is 0 Å². The molecule has 2 aromatic heterocycles. The molecule has 0 atom stereocenters. The van der Waals surface area contributed by atoms with Crippen LogP contribution in [0.5, 0.6) is 0 Å². The number of aryl methyl sites for hydroxylation is 2. The van der Waals surface area contributed by atoms with Gasteiger partial charge in [-0.2, -0.15) is 0 Å². The first kappa shape index (κ1) is 10.6. The summed E-state index contributed by atoms with van der Waals surface area (Å²) in [5.74, 6) is 1.06. The van der Waals surface area contributed by atoms with Gasteiger partial charge in [0.1, 0.15) is 5.82 Å². The molecule has 0 spiro atoms. The summed E-state index contributed by atoms with van der Waals surface area (Å²) in [5.41, 5.74) is 3.64. The van der Waals surface area contributed by atoms with E-state index < -0.39 is 0 Å². The number of rotatable bonds is 1. The number of hydrogen-bond donors (Lipinski definition) is 1. The van der Waals surface area contributed by atoms with E-state index in [1.165, 1.54) is 11.2 Å². The highest BCUT2D eigenvalue weighted by atomic mass is 15.2. The van der Waals surface area contributed by atoms with E-state index in [1.807, 2.05) is 6.92 Å². The van der Waals surface area contributed by atoms with E-state index in [9.17, 15) is 0 Å². The van der Waals surface area contributed by atoms with Crippen LogP contribution in [-0.2, 0) is 0 Å². The second-order valence-electron chi connectivity index (χ2n) is 4.62. The fraction of sp³-hybridized carbons (Fsp3) is 0.462. The summed E-state index contributed by atoms with van der Waals surface area (Å²) in [6, 6.07) is 4.44. The lowest BCUT2D eigenvalue weighted by atomic mass is 10.2. The molecule has 2 aromatic rings. The van der Waals surface area contributed by atoms with E-state index >= 15 is 0 Å². The van der Waals surface area contributed by atoms with Crippen molar-refractivity contribution in [1.82, 2.24) is 14.7 Å². The van der Waals surface area contributed by atoms with Crippen molar-refractivity contribution < 1.29 is 0 Å². The maximum atomic E-state index is 4.51. The fourth-order valence-electron chi connectivity index (χ4n) is 2.52. The van der Waals surface area contributed by atoms with E-state index in [-0.39, 0.29) is 0 Å². The highest BCUT2D eigenvalue weighted by Crippen LogP contribution is 2.20. The van der Waals surface area contributed by atoms with Crippen molar-refractivity contribution in [3.63, 3.8) is 0 Å². The van der Waals surface area contributed by atoms with Crippen molar-refractivity contribution in [2.45, 2.75) is 13.8 Å². The second kappa shape index (κ2) is 4.04. The molecule has 0 saturated carbocycles. The Morgan fingerprint density at radius 3 is 2.76 bits per heavy atom. The zero-order valence-corrected chi connectivity index (χ0v) is 10.4. The molecule has 90 valence electrons. The van der Waals surface area contributed by atoms with Gasteiger partial charge >= 0.3 is 0 Å². The third-order valence-corrected chi connectivity index (χ3v) is 3.47. The normalized spacial score (nSPS) is 16.7. The summed E-state index contributed by atoms with van der Waals surface area (Å²) in [6.07, 6.45) is 2.13. The van der Waals surface area contributed by atoms with E-state index in [4.69, 9.17) is 0 Å². The molecule has 4 nitrogen and oxygen atoms in total. The number of piperazine rings is 1. The zero-order valence-electron chi connectivity index (χ0n) is 10.4. The summed E-state index contributed by atoms with van der Waals surface area (Å²) >= 11 is 0. The Balaban J connectivity index is 2.03. The minimum Gasteiger partial charge on any atom is -0.369 e. The van der Waals surface area contributed by atoms with Gasteiger partial charge in [-0.15, -0.1) is 0 Å². The van der Waals surface area contributed by atoms with E-state index in [1.54, 1.807) is 0 Å². The van der Waals surface area contributed by atoms with E-state index in [0.29, 0.717) is 0 Å². The van der Waals surface area contributed by atoms with Crippen molar-refractivity contribution in [1.29, 1.82) is 0 Å². The van der Waals surface area contributed by atoms with E-state index in [0.717, 1.165) is 37.7 Å². The Kier molecular flexibility index (Phi) is 2.52. The Bertz CT molecular complexity index is 538. The van der Waals surface area contributed by atoms with Crippen LogP contribution >= 0.6 is 0 Å². The standard InChI is InChI=1S/C13H18N4/c1-10-13-9-12(16-7-4-14-5-8-16)3-6-17(13)11(2)15-10/h3,6,9,14H,4-5,7-8H2,1-2H3. The molecule has 1 fully saturated rings. The first-order valence-electron chi connectivity index (χ1n) is 6.17. The Morgan fingerprint density at radius 2 is 2.00 bits per heavy atom. The predicted octanol–water partition coefficient (Wildman–Crippen LogP) is 1.36. The van der Waals surface area contributed by atoms with Crippen LogP contribution in [0.25, 0.3) is 5.52 Å². The molecule has 17 heavy (non-hydrogen) atoms. The monoisotopic (exact) mass is 230 g/mol. The summed E-state index contributed by atoms with van der Waals surface area (Å²) in [5, 5.41) is 3.38. The molecule has 3 rings (SSSR count). The molecular formula is C13H18N4. The lowest BCUT2D eigenvalue weighted by Crippen LogP contribution is -2.43. The Morgan fingerprint density at radius 1 is 1.24 bits per heavy atom. The molecule has 4 heteroatoms. The van der Waals surface area contributed by atoms with Crippen LogP contribution in [-0.4, -0.2) is 35.6 Å². The van der Waals surface area contributed by atoms with Crippen LogP contribution in [0, 0.1) is 13.8 Å². The molecule has 3 heterocycles. The number of fused-ring (bicyclic) bond motifs is 1. The van der Waals surface area contributed by atoms with Gasteiger partial charge in [0, 0.05) is 38.1 Å². The number of anilines is 1. The van der Waals surface area contributed by atoms with Crippen LogP contribution in [0.15, 0.2) is 18.3 Å². The lowest BCUT2D eigenvalue weighted by molar-refractivity contribution is 0.589. The van der Waals surface area contributed by atoms with E-state index in [2.05, 4.69) is 44.9 Å². The minimum absolute atomic E-state index is 1.06. The van der Waals surface area contributed by atoms with Crippen LogP contribution in [0.1, 0.15) is 11.5 Å². The number of imidazole rings is 1. The molecule has 1 aliphatic heterocycles. The largest absolute Gasteiger partial charge is 0.369 e. The Hall–Kier alpha value is -1.55. The fourth-order valence-corrected chi connectivity index (χ4v) is 2.52. The number of aromatic nitrogens is 2. The first-order chi connectivity index (χ1) is 8.25. The highest BCUT2D eigenvalue weighted by Gasteiger charge is 2.12. The van der Waals surface area contributed by atoms with Gasteiger partial charge in [0.25, 0.3) is 0 Å². The van der Waals surface area contributed by atoms with Gasteiger partial charge < -0.3 is 14.6 Å². The van der Waals surface area contributed by atoms with Gasteiger partial charge in [0.2, 0.25) is 0 Å². The van der Waals surface area contributed by atoms with Gasteiger partial charge in [-0.3, -0.25) is 0 Å². The summed E-state index contributed by atoms with van der Waals surface area (Å²) < 4.78 is 2.15. The lowest BCUT2D eigenvalue weighted by Gasteiger charge is -2.29. The molecule has 0 unspecified atom stereocenters. The number of pyridine rings is 1. The van der Waals surface area contributed by atoms with Gasteiger partial charge in [-0.25, -0.2) is 4.98 Å². The minimum atomic E-state index is 1.06. The third-order valence-electron chi connectivity index (χ3n) is 3.47. The average Bonchev–Trinajstić information content (AvgIpc) is 2.66. The molecule has 0 bridgehead atoms. The number of hydrogen-bond acceptors (Lipinski definition) is 3. The van der Waals surface area contributed by atoms with Crippen molar-refractivity contribution in [2.75, 3.05) is 31.1 Å². The Labute approximate surface area is 101 Å². The van der Waals surface area contributed by atoms with Crippen LogP contribution in [0.2, 0.25) is 0 Å². The molecule has 1 saturated heterocycles. The predicted molar refractivity (Wildman–Crippen MR) is 69.7 cm³/mol. The topological polar surface area (TPSA) is 32.6 Å². The van der Waals surface area contributed by atoms with Crippen molar-refractivity contribution in [3.05, 3.63) is 29.8 Å². The summed E-state index contributed by atoms with van der Waals surface area (Å²) in [6.45, 7) is 8.43. The molecule has 0 aliphatic carbocycles. The first-order valence-corrected chi connectivity index (χ1v) is 6.17. The number of nitrogens with zero attached hydrogens (tertiary/aromatic N) is 3. The molecule has 0 amide bonds. The van der Waals surface area contributed by atoms with Gasteiger partial charge in [0.05, 0.1) is 11.2 Å².